The minimum absolute atomic E-state index is 0.135. The van der Waals surface area contributed by atoms with Crippen molar-refractivity contribution in [3.05, 3.63) is 12.0 Å². The summed E-state index contributed by atoms with van der Waals surface area (Å²) < 4.78 is 4.99. The lowest BCUT2D eigenvalue weighted by molar-refractivity contribution is -0.0148. The zero-order chi connectivity index (χ0) is 14.1. The summed E-state index contributed by atoms with van der Waals surface area (Å²) >= 11 is 0. The van der Waals surface area contributed by atoms with Crippen LogP contribution in [0.3, 0.4) is 0 Å². The quantitative estimate of drug-likeness (QED) is 0.774. The third kappa shape index (κ3) is 3.47. The number of nitrogens with one attached hydrogen (secondary N) is 1. The average molecular weight is 268 g/mol. The Morgan fingerprint density at radius 2 is 2.05 bits per heavy atom. The second-order valence-corrected chi connectivity index (χ2v) is 6.09. The van der Waals surface area contributed by atoms with Crippen molar-refractivity contribution >= 4 is 12.0 Å². The fraction of sp³-hybridized carbons (Fsp3) is 0.692. The molecule has 1 aromatic heterocycles. The van der Waals surface area contributed by atoms with Crippen molar-refractivity contribution < 1.29 is 19.4 Å². The fourth-order valence-electron chi connectivity index (χ4n) is 2.26. The summed E-state index contributed by atoms with van der Waals surface area (Å²) in [6.45, 7) is 4.73. The van der Waals surface area contributed by atoms with Gasteiger partial charge in [-0.3, -0.25) is 0 Å². The van der Waals surface area contributed by atoms with Gasteiger partial charge in [-0.25, -0.2) is 4.79 Å². The Labute approximate surface area is 111 Å². The van der Waals surface area contributed by atoms with Gasteiger partial charge in [0, 0.05) is 6.54 Å². The maximum atomic E-state index is 10.7. The summed E-state index contributed by atoms with van der Waals surface area (Å²) in [5.41, 5.74) is -0.627. The van der Waals surface area contributed by atoms with Crippen molar-refractivity contribution in [1.29, 1.82) is 0 Å². The lowest BCUT2D eigenvalue weighted by Crippen LogP contribution is -2.42. The van der Waals surface area contributed by atoms with E-state index in [9.17, 15) is 9.90 Å². The molecule has 6 nitrogen and oxygen atoms in total. The first-order valence-corrected chi connectivity index (χ1v) is 6.45. The zero-order valence-corrected chi connectivity index (χ0v) is 11.3. The predicted molar refractivity (Wildman–Crippen MR) is 69.2 cm³/mol. The molecule has 0 aromatic carbocycles. The Bertz CT molecular complexity index is 457. The molecule has 6 heteroatoms. The van der Waals surface area contributed by atoms with Gasteiger partial charge in [-0.15, -0.1) is 0 Å². The molecular weight excluding hydrogens is 248 g/mol. The van der Waals surface area contributed by atoms with Gasteiger partial charge in [-0.2, -0.15) is 4.98 Å². The average Bonchev–Trinajstić information content (AvgIpc) is 2.80. The van der Waals surface area contributed by atoms with E-state index in [2.05, 4.69) is 24.1 Å². The molecule has 19 heavy (non-hydrogen) atoms. The number of carboxylic acid groups (broad SMARTS) is 1. The van der Waals surface area contributed by atoms with E-state index in [1.807, 2.05) is 0 Å². The number of nitrogens with zero attached hydrogens (tertiary/aromatic N) is 1. The van der Waals surface area contributed by atoms with E-state index in [0.29, 0.717) is 6.54 Å². The molecule has 1 aliphatic carbocycles. The van der Waals surface area contributed by atoms with Crippen LogP contribution < -0.4 is 5.32 Å². The monoisotopic (exact) mass is 268 g/mol. The first-order chi connectivity index (χ1) is 8.80. The first-order valence-electron chi connectivity index (χ1n) is 6.45. The van der Waals surface area contributed by atoms with Crippen LogP contribution in [0, 0.1) is 5.41 Å². The molecule has 1 aromatic rings. The molecule has 0 atom stereocenters. The van der Waals surface area contributed by atoms with Gasteiger partial charge in [-0.1, -0.05) is 13.8 Å². The van der Waals surface area contributed by atoms with E-state index in [4.69, 9.17) is 9.52 Å². The molecule has 1 fully saturated rings. The van der Waals surface area contributed by atoms with Crippen LogP contribution >= 0.6 is 0 Å². The molecule has 0 saturated heterocycles. The van der Waals surface area contributed by atoms with Crippen molar-refractivity contribution in [2.45, 2.75) is 45.1 Å². The maximum absolute atomic E-state index is 10.7. The molecule has 2 rings (SSSR count). The second kappa shape index (κ2) is 4.85. The molecule has 106 valence electrons. The molecule has 0 amide bonds. The lowest BCUT2D eigenvalue weighted by Gasteiger charge is -2.40. The van der Waals surface area contributed by atoms with Crippen LogP contribution in [-0.4, -0.2) is 33.3 Å². The molecule has 0 radical (unpaired) electrons. The largest absolute Gasteiger partial charge is 0.476 e. The molecular formula is C13H20N2O4. The molecule has 0 spiro atoms. The number of carboxylic acids is 1. The van der Waals surface area contributed by atoms with E-state index in [-0.39, 0.29) is 17.1 Å². The van der Waals surface area contributed by atoms with Crippen molar-refractivity contribution in [3.63, 3.8) is 0 Å². The van der Waals surface area contributed by atoms with Crippen molar-refractivity contribution in [2.75, 3.05) is 11.9 Å². The molecule has 1 saturated carbocycles. The summed E-state index contributed by atoms with van der Waals surface area (Å²) in [4.78, 5) is 14.4. The van der Waals surface area contributed by atoms with Gasteiger partial charge < -0.3 is 19.9 Å². The van der Waals surface area contributed by atoms with Gasteiger partial charge in [0.25, 0.3) is 6.01 Å². The SMILES string of the molecule is CC1(C)CCC(O)(CNc2nc(C(=O)O)co2)CC1. The number of aromatic nitrogens is 1. The smallest absolute Gasteiger partial charge is 0.357 e. The highest BCUT2D eigenvalue weighted by atomic mass is 16.4. The van der Waals surface area contributed by atoms with E-state index in [1.165, 1.54) is 0 Å². The molecule has 0 unspecified atom stereocenters. The number of oxazole rings is 1. The molecule has 1 aliphatic rings. The van der Waals surface area contributed by atoms with Crippen molar-refractivity contribution in [3.8, 4) is 0 Å². The van der Waals surface area contributed by atoms with E-state index in [0.717, 1.165) is 31.9 Å². The minimum Gasteiger partial charge on any atom is -0.476 e. The third-order valence-corrected chi connectivity index (χ3v) is 3.83. The summed E-state index contributed by atoms with van der Waals surface area (Å²) in [5, 5.41) is 22.0. The maximum Gasteiger partial charge on any atom is 0.357 e. The molecule has 0 bridgehead atoms. The van der Waals surface area contributed by atoms with Crippen LogP contribution in [0.2, 0.25) is 0 Å². The van der Waals surface area contributed by atoms with Crippen LogP contribution in [0.25, 0.3) is 0 Å². The standard InChI is InChI=1S/C13H20N2O4/c1-12(2)3-5-13(18,6-4-12)8-14-11-15-9(7-19-11)10(16)17/h7,18H,3-6,8H2,1-2H3,(H,14,15)(H,16,17). The summed E-state index contributed by atoms with van der Waals surface area (Å²) in [5.74, 6) is -1.13. The molecule has 0 aliphatic heterocycles. The topological polar surface area (TPSA) is 95.6 Å². The highest BCUT2D eigenvalue weighted by Crippen LogP contribution is 2.40. The minimum atomic E-state index is -1.13. The van der Waals surface area contributed by atoms with Gasteiger partial charge >= 0.3 is 5.97 Å². The van der Waals surface area contributed by atoms with Gasteiger partial charge in [0.2, 0.25) is 0 Å². The van der Waals surface area contributed by atoms with E-state index >= 15 is 0 Å². The Morgan fingerprint density at radius 3 is 2.58 bits per heavy atom. The van der Waals surface area contributed by atoms with E-state index in [1.54, 1.807) is 0 Å². The van der Waals surface area contributed by atoms with Gasteiger partial charge in [0.15, 0.2) is 5.69 Å². The Hall–Kier alpha value is -1.56. The number of aromatic carboxylic acids is 1. The highest BCUT2D eigenvalue weighted by Gasteiger charge is 2.36. The van der Waals surface area contributed by atoms with Crippen LogP contribution in [0.15, 0.2) is 10.7 Å². The van der Waals surface area contributed by atoms with Crippen molar-refractivity contribution in [2.24, 2.45) is 5.41 Å². The van der Waals surface area contributed by atoms with Gasteiger partial charge in [0.05, 0.1) is 5.60 Å². The lowest BCUT2D eigenvalue weighted by atomic mass is 9.71. The van der Waals surface area contributed by atoms with Gasteiger partial charge in [-0.05, 0) is 31.1 Å². The normalized spacial score (nSPS) is 21.0. The second-order valence-electron chi connectivity index (χ2n) is 6.09. The van der Waals surface area contributed by atoms with Crippen LogP contribution in [0.1, 0.15) is 50.0 Å². The first kappa shape index (κ1) is 13.9. The summed E-state index contributed by atoms with van der Waals surface area (Å²) in [6, 6.07) is 0.135. The highest BCUT2D eigenvalue weighted by molar-refractivity contribution is 5.85. The fourth-order valence-corrected chi connectivity index (χ4v) is 2.26. The summed E-state index contributed by atoms with van der Waals surface area (Å²) in [6.07, 6.45) is 4.46. The van der Waals surface area contributed by atoms with E-state index < -0.39 is 11.6 Å². The number of hydrogen-bond donors (Lipinski definition) is 3. The van der Waals surface area contributed by atoms with Crippen LogP contribution in [-0.2, 0) is 0 Å². The zero-order valence-electron chi connectivity index (χ0n) is 11.3. The number of hydrogen-bond acceptors (Lipinski definition) is 5. The summed E-state index contributed by atoms with van der Waals surface area (Å²) in [7, 11) is 0. The Morgan fingerprint density at radius 1 is 1.42 bits per heavy atom. The number of rotatable bonds is 4. The van der Waals surface area contributed by atoms with Crippen LogP contribution in [0.4, 0.5) is 6.01 Å². The molecule has 3 N–H and O–H groups in total. The Kier molecular flexibility index (Phi) is 3.54. The Balaban J connectivity index is 1.89. The van der Waals surface area contributed by atoms with Gasteiger partial charge in [0.1, 0.15) is 6.26 Å². The predicted octanol–water partition coefficient (Wildman–Crippen LogP) is 2.12. The number of carbonyl (C=O) groups is 1. The van der Waals surface area contributed by atoms with Crippen molar-refractivity contribution in [1.82, 2.24) is 4.98 Å². The number of anilines is 1. The van der Waals surface area contributed by atoms with Crippen LogP contribution in [0.5, 0.6) is 0 Å². The third-order valence-electron chi connectivity index (χ3n) is 3.83. The molecule has 1 heterocycles. The number of aliphatic hydroxyl groups is 1.